The first kappa shape index (κ1) is 19.6. The van der Waals surface area contributed by atoms with E-state index in [1.165, 1.54) is 11.8 Å². The van der Waals surface area contributed by atoms with Crippen LogP contribution in [0.3, 0.4) is 0 Å². The summed E-state index contributed by atoms with van der Waals surface area (Å²) in [7, 11) is 0. The van der Waals surface area contributed by atoms with E-state index in [-0.39, 0.29) is 5.95 Å². The first-order valence-electron chi connectivity index (χ1n) is 10.1. The molecule has 1 saturated carbocycles. The molecule has 9 nitrogen and oxygen atoms in total. The minimum Gasteiger partial charge on any atom is -0.467 e. The van der Waals surface area contributed by atoms with Gasteiger partial charge in [-0.15, -0.1) is 10.2 Å². The average molecular weight is 435 g/mol. The highest BCUT2D eigenvalue weighted by atomic mass is 32.2. The van der Waals surface area contributed by atoms with Gasteiger partial charge in [-0.3, -0.25) is 4.57 Å². The predicted molar refractivity (Wildman–Crippen MR) is 118 cm³/mol. The summed E-state index contributed by atoms with van der Waals surface area (Å²) < 4.78 is 7.66. The molecule has 31 heavy (non-hydrogen) atoms. The van der Waals surface area contributed by atoms with Crippen molar-refractivity contribution in [1.82, 2.24) is 29.7 Å². The van der Waals surface area contributed by atoms with Crippen molar-refractivity contribution in [2.24, 2.45) is 0 Å². The summed E-state index contributed by atoms with van der Waals surface area (Å²) >= 11 is 1.53. The third-order valence-electron chi connectivity index (χ3n) is 5.00. The molecule has 1 aliphatic carbocycles. The molecule has 1 fully saturated rings. The number of aromatic nitrogens is 6. The van der Waals surface area contributed by atoms with Crippen molar-refractivity contribution in [2.75, 3.05) is 11.1 Å². The Hall–Kier alpha value is -3.40. The van der Waals surface area contributed by atoms with Crippen molar-refractivity contribution in [3.8, 4) is 0 Å². The number of hydrogen-bond acceptors (Lipinski definition) is 9. The number of hydrogen-bond donors (Lipinski definition) is 2. The van der Waals surface area contributed by atoms with Gasteiger partial charge in [0.1, 0.15) is 17.4 Å². The minimum absolute atomic E-state index is 0.178. The van der Waals surface area contributed by atoms with Gasteiger partial charge in [-0.05, 0) is 43.5 Å². The van der Waals surface area contributed by atoms with Crippen LogP contribution in [-0.2, 0) is 12.3 Å². The Bertz CT molecular complexity index is 1190. The predicted octanol–water partition coefficient (Wildman–Crippen LogP) is 3.91. The fourth-order valence-corrected chi connectivity index (χ4v) is 4.08. The van der Waals surface area contributed by atoms with E-state index in [2.05, 4.69) is 35.0 Å². The zero-order chi connectivity index (χ0) is 21.2. The summed E-state index contributed by atoms with van der Waals surface area (Å²) in [6.45, 7) is 2.63. The Balaban J connectivity index is 1.34. The molecule has 1 aromatic carbocycles. The Morgan fingerprint density at radius 3 is 2.77 bits per heavy atom. The molecule has 4 aromatic rings. The quantitative estimate of drug-likeness (QED) is 0.398. The SMILES string of the molecule is Cc1ccccc1Nc1nc(N)nc(CSc2nnc(C3CC3)n2Cc2ccco2)n1. The summed E-state index contributed by atoms with van der Waals surface area (Å²) in [6, 6.07) is 11.8. The number of para-hydroxylation sites is 1. The second-order valence-corrected chi connectivity index (χ2v) is 8.39. The van der Waals surface area contributed by atoms with Crippen LogP contribution in [0.4, 0.5) is 17.6 Å². The van der Waals surface area contributed by atoms with Crippen LogP contribution >= 0.6 is 11.8 Å². The molecule has 158 valence electrons. The lowest BCUT2D eigenvalue weighted by atomic mass is 10.2. The maximum atomic E-state index is 5.94. The number of aryl methyl sites for hydroxylation is 1. The molecule has 0 radical (unpaired) electrons. The summed E-state index contributed by atoms with van der Waals surface area (Å²) in [5.41, 5.74) is 7.96. The van der Waals surface area contributed by atoms with E-state index in [9.17, 15) is 0 Å². The standard InChI is InChI=1S/C21H22N8OS/c1-13-5-2-3-7-16(13)23-20-25-17(24-19(22)26-20)12-31-21-28-27-18(14-8-9-14)29(21)11-15-6-4-10-30-15/h2-7,10,14H,8-9,11-12H2,1H3,(H3,22,23,24,25,26). The molecule has 0 spiro atoms. The number of nitrogen functional groups attached to an aromatic ring is 1. The number of nitrogens with zero attached hydrogens (tertiary/aromatic N) is 6. The summed E-state index contributed by atoms with van der Waals surface area (Å²) in [5.74, 6) is 4.04. The number of nitrogens with two attached hydrogens (primary N) is 1. The number of nitrogens with one attached hydrogen (secondary N) is 1. The highest BCUT2D eigenvalue weighted by Gasteiger charge is 2.30. The number of benzene rings is 1. The molecular weight excluding hydrogens is 412 g/mol. The molecule has 5 rings (SSSR count). The van der Waals surface area contributed by atoms with Crippen LogP contribution in [0, 0.1) is 6.92 Å². The maximum absolute atomic E-state index is 5.94. The molecular formula is C21H22N8OS. The third kappa shape index (κ3) is 4.53. The van der Waals surface area contributed by atoms with E-state index in [1.54, 1.807) is 6.26 Å². The van der Waals surface area contributed by atoms with Gasteiger partial charge < -0.3 is 15.5 Å². The largest absolute Gasteiger partial charge is 0.467 e. The molecule has 3 N–H and O–H groups in total. The monoisotopic (exact) mass is 434 g/mol. The topological polar surface area (TPSA) is 121 Å². The Morgan fingerprint density at radius 1 is 1.13 bits per heavy atom. The van der Waals surface area contributed by atoms with Gasteiger partial charge in [0.05, 0.1) is 18.6 Å². The van der Waals surface area contributed by atoms with Gasteiger partial charge in [0.25, 0.3) is 0 Å². The van der Waals surface area contributed by atoms with E-state index in [0.717, 1.165) is 40.8 Å². The first-order chi connectivity index (χ1) is 15.2. The number of rotatable bonds is 8. The van der Waals surface area contributed by atoms with E-state index in [1.807, 2.05) is 43.3 Å². The number of thioether (sulfide) groups is 1. The van der Waals surface area contributed by atoms with Crippen molar-refractivity contribution < 1.29 is 4.42 Å². The second kappa shape index (κ2) is 8.38. The molecule has 0 bridgehead atoms. The van der Waals surface area contributed by atoms with E-state index in [0.29, 0.717) is 30.0 Å². The van der Waals surface area contributed by atoms with Crippen molar-refractivity contribution >= 4 is 29.3 Å². The van der Waals surface area contributed by atoms with Gasteiger partial charge in [0, 0.05) is 11.6 Å². The smallest absolute Gasteiger partial charge is 0.232 e. The zero-order valence-electron chi connectivity index (χ0n) is 17.0. The highest BCUT2D eigenvalue weighted by Crippen LogP contribution is 2.40. The van der Waals surface area contributed by atoms with Gasteiger partial charge >= 0.3 is 0 Å². The molecule has 0 amide bonds. The highest BCUT2D eigenvalue weighted by molar-refractivity contribution is 7.98. The van der Waals surface area contributed by atoms with Crippen LogP contribution in [-0.4, -0.2) is 29.7 Å². The van der Waals surface area contributed by atoms with Crippen LogP contribution in [0.2, 0.25) is 0 Å². The second-order valence-electron chi connectivity index (χ2n) is 7.44. The molecule has 1 aliphatic rings. The molecule has 0 saturated heterocycles. The molecule has 3 heterocycles. The third-order valence-corrected chi connectivity index (χ3v) is 5.97. The summed E-state index contributed by atoms with van der Waals surface area (Å²) in [4.78, 5) is 13.0. The molecule has 0 unspecified atom stereocenters. The van der Waals surface area contributed by atoms with Crippen molar-refractivity contribution in [2.45, 2.75) is 43.1 Å². The van der Waals surface area contributed by atoms with Crippen LogP contribution in [0.5, 0.6) is 0 Å². The lowest BCUT2D eigenvalue weighted by molar-refractivity contribution is 0.478. The van der Waals surface area contributed by atoms with Crippen LogP contribution < -0.4 is 11.1 Å². The van der Waals surface area contributed by atoms with Gasteiger partial charge in [-0.2, -0.15) is 15.0 Å². The minimum atomic E-state index is 0.178. The fourth-order valence-electron chi connectivity index (χ4n) is 3.28. The maximum Gasteiger partial charge on any atom is 0.232 e. The lowest BCUT2D eigenvalue weighted by Crippen LogP contribution is -2.08. The first-order valence-corrected chi connectivity index (χ1v) is 11.1. The summed E-state index contributed by atoms with van der Waals surface area (Å²) in [6.07, 6.45) is 3.98. The van der Waals surface area contributed by atoms with Gasteiger partial charge in [-0.1, -0.05) is 30.0 Å². The van der Waals surface area contributed by atoms with Crippen molar-refractivity contribution in [1.29, 1.82) is 0 Å². The van der Waals surface area contributed by atoms with E-state index >= 15 is 0 Å². The summed E-state index contributed by atoms with van der Waals surface area (Å²) in [5, 5.41) is 12.9. The molecule has 0 atom stereocenters. The lowest BCUT2D eigenvalue weighted by Gasteiger charge is -2.10. The fraction of sp³-hybridized carbons (Fsp3) is 0.286. The normalized spacial score (nSPS) is 13.5. The Labute approximate surface area is 183 Å². The van der Waals surface area contributed by atoms with Crippen molar-refractivity contribution in [3.05, 3.63) is 65.6 Å². The number of furan rings is 1. The van der Waals surface area contributed by atoms with Crippen LogP contribution in [0.15, 0.2) is 52.2 Å². The Kier molecular flexibility index (Phi) is 5.29. The van der Waals surface area contributed by atoms with E-state index < -0.39 is 0 Å². The average Bonchev–Trinajstić information content (AvgIpc) is 3.31. The molecule has 3 aromatic heterocycles. The van der Waals surface area contributed by atoms with Gasteiger partial charge in [0.15, 0.2) is 5.16 Å². The Morgan fingerprint density at radius 2 is 2.00 bits per heavy atom. The van der Waals surface area contributed by atoms with E-state index in [4.69, 9.17) is 10.2 Å². The molecule has 10 heteroatoms. The van der Waals surface area contributed by atoms with Gasteiger partial charge in [0.2, 0.25) is 11.9 Å². The molecule has 0 aliphatic heterocycles. The number of anilines is 3. The van der Waals surface area contributed by atoms with Crippen LogP contribution in [0.1, 0.15) is 41.7 Å². The van der Waals surface area contributed by atoms with Gasteiger partial charge in [-0.25, -0.2) is 0 Å². The van der Waals surface area contributed by atoms with Crippen molar-refractivity contribution in [3.63, 3.8) is 0 Å². The van der Waals surface area contributed by atoms with Crippen LogP contribution in [0.25, 0.3) is 0 Å². The zero-order valence-corrected chi connectivity index (χ0v) is 17.8.